The molecular weight excluding hydrogens is 186 g/mol. The summed E-state index contributed by atoms with van der Waals surface area (Å²) in [6, 6.07) is 0. The van der Waals surface area contributed by atoms with E-state index < -0.39 is 5.54 Å². The van der Waals surface area contributed by atoms with Crippen molar-refractivity contribution >= 4 is 16.8 Å². The van der Waals surface area contributed by atoms with Crippen molar-refractivity contribution in [3.05, 3.63) is 0 Å². The number of hydrogen-bond donors (Lipinski definition) is 0. The van der Waals surface area contributed by atoms with Gasteiger partial charge in [-0.1, -0.05) is 6.92 Å². The smallest absolute Gasteiger partial charge is 0.241 e. The first-order chi connectivity index (χ1) is 5.94. The van der Waals surface area contributed by atoms with Gasteiger partial charge in [0.05, 0.1) is 5.54 Å². The molecule has 0 N–H and O–H groups in total. The third-order valence-electron chi connectivity index (χ3n) is 3.06. The Labute approximate surface area is 85.2 Å². The number of likely N-dealkylation sites (tertiary alicyclic amines) is 1. The Morgan fingerprint density at radius 1 is 1.38 bits per heavy atom. The van der Waals surface area contributed by atoms with Crippen LogP contribution in [0.2, 0.25) is 0 Å². The van der Waals surface area contributed by atoms with E-state index in [0.29, 0.717) is 0 Å². The lowest BCUT2D eigenvalue weighted by molar-refractivity contribution is -0.122. The number of halogens is 1. The van der Waals surface area contributed by atoms with Crippen molar-refractivity contribution < 1.29 is 4.79 Å². The summed E-state index contributed by atoms with van der Waals surface area (Å²) >= 11 is 5.56. The molecule has 1 fully saturated rings. The molecule has 0 aliphatic carbocycles. The van der Waals surface area contributed by atoms with Gasteiger partial charge in [-0.05, 0) is 57.3 Å². The molecule has 1 rings (SSSR count). The Bertz CT molecular complexity index is 195. The number of hydrogen-bond acceptors (Lipinski definition) is 2. The van der Waals surface area contributed by atoms with E-state index in [9.17, 15) is 4.79 Å². The Hall–Kier alpha value is -0.0800. The highest BCUT2D eigenvalue weighted by molar-refractivity contribution is 6.65. The summed E-state index contributed by atoms with van der Waals surface area (Å²) in [4.78, 5) is 13.4. The topological polar surface area (TPSA) is 20.3 Å². The molecule has 1 aliphatic heterocycles. The Morgan fingerprint density at radius 3 is 2.23 bits per heavy atom. The largest absolute Gasteiger partial charge is 0.290 e. The highest BCUT2D eigenvalue weighted by Crippen LogP contribution is 2.25. The number of nitrogens with zero attached hydrogens (tertiary/aromatic N) is 1. The Kier molecular flexibility index (Phi) is 3.36. The highest BCUT2D eigenvalue weighted by Gasteiger charge is 2.34. The van der Waals surface area contributed by atoms with Crippen LogP contribution in [0.5, 0.6) is 0 Å². The van der Waals surface area contributed by atoms with E-state index >= 15 is 0 Å². The van der Waals surface area contributed by atoms with Gasteiger partial charge in [0.1, 0.15) is 0 Å². The van der Waals surface area contributed by atoms with Gasteiger partial charge < -0.3 is 0 Å². The normalized spacial score (nSPS) is 21.8. The monoisotopic (exact) mass is 203 g/mol. The van der Waals surface area contributed by atoms with Gasteiger partial charge in [0.15, 0.2) is 0 Å². The molecule has 0 saturated carbocycles. The predicted octanol–water partition coefficient (Wildman–Crippen LogP) is 2.26. The SMILES string of the molecule is CC1CCN(C(C)(C)C(=O)Cl)CC1. The van der Waals surface area contributed by atoms with E-state index in [0.717, 1.165) is 19.0 Å². The fourth-order valence-corrected chi connectivity index (χ4v) is 1.81. The maximum atomic E-state index is 11.2. The van der Waals surface area contributed by atoms with E-state index in [1.165, 1.54) is 12.8 Å². The fourth-order valence-electron chi connectivity index (χ4n) is 1.69. The molecule has 0 spiro atoms. The van der Waals surface area contributed by atoms with Gasteiger partial charge in [-0.15, -0.1) is 0 Å². The molecule has 1 saturated heterocycles. The third kappa shape index (κ3) is 2.44. The minimum Gasteiger partial charge on any atom is -0.290 e. The van der Waals surface area contributed by atoms with Crippen molar-refractivity contribution in [2.45, 2.75) is 39.2 Å². The van der Waals surface area contributed by atoms with Crippen LogP contribution in [0, 0.1) is 5.92 Å². The molecule has 13 heavy (non-hydrogen) atoms. The Balaban J connectivity index is 2.58. The summed E-state index contributed by atoms with van der Waals surface area (Å²) in [5.74, 6) is 0.789. The quantitative estimate of drug-likeness (QED) is 0.642. The van der Waals surface area contributed by atoms with Crippen LogP contribution in [0.4, 0.5) is 0 Å². The molecule has 0 radical (unpaired) electrons. The zero-order valence-corrected chi connectivity index (χ0v) is 9.40. The second-order valence-corrected chi connectivity index (χ2v) is 4.85. The van der Waals surface area contributed by atoms with E-state index in [1.807, 2.05) is 13.8 Å². The molecule has 76 valence electrons. The predicted molar refractivity (Wildman–Crippen MR) is 54.9 cm³/mol. The van der Waals surface area contributed by atoms with Gasteiger partial charge in [-0.2, -0.15) is 0 Å². The summed E-state index contributed by atoms with van der Waals surface area (Å²) in [7, 11) is 0. The van der Waals surface area contributed by atoms with Crippen LogP contribution < -0.4 is 0 Å². The van der Waals surface area contributed by atoms with Gasteiger partial charge in [-0.25, -0.2) is 0 Å². The first-order valence-corrected chi connectivity index (χ1v) is 5.27. The van der Waals surface area contributed by atoms with E-state index in [1.54, 1.807) is 0 Å². The van der Waals surface area contributed by atoms with E-state index in [4.69, 9.17) is 11.6 Å². The van der Waals surface area contributed by atoms with E-state index in [2.05, 4.69) is 11.8 Å². The second kappa shape index (κ2) is 3.97. The zero-order valence-electron chi connectivity index (χ0n) is 8.64. The van der Waals surface area contributed by atoms with Crippen LogP contribution in [0.15, 0.2) is 0 Å². The molecule has 0 unspecified atom stereocenters. The summed E-state index contributed by atoms with van der Waals surface area (Å²) in [6.45, 7) is 8.04. The maximum Gasteiger partial charge on any atom is 0.241 e. The van der Waals surface area contributed by atoms with Crippen LogP contribution in [0.25, 0.3) is 0 Å². The lowest BCUT2D eigenvalue weighted by Gasteiger charge is -2.39. The molecule has 1 aliphatic rings. The van der Waals surface area contributed by atoms with Crippen molar-refractivity contribution in [3.63, 3.8) is 0 Å². The summed E-state index contributed by atoms with van der Waals surface area (Å²) < 4.78 is 0. The van der Waals surface area contributed by atoms with Gasteiger partial charge in [0.25, 0.3) is 0 Å². The lowest BCUT2D eigenvalue weighted by atomic mass is 9.94. The minimum atomic E-state index is -0.484. The van der Waals surface area contributed by atoms with Gasteiger partial charge >= 0.3 is 0 Å². The number of carbonyl (C=O) groups is 1. The summed E-state index contributed by atoms with van der Waals surface area (Å²) in [6.07, 6.45) is 2.35. The van der Waals surface area contributed by atoms with Gasteiger partial charge in [-0.3, -0.25) is 9.69 Å². The molecule has 0 amide bonds. The number of rotatable bonds is 2. The van der Waals surface area contributed by atoms with Crippen molar-refractivity contribution in [2.75, 3.05) is 13.1 Å². The van der Waals surface area contributed by atoms with Crippen molar-refractivity contribution in [1.82, 2.24) is 4.90 Å². The van der Waals surface area contributed by atoms with Crippen LogP contribution >= 0.6 is 11.6 Å². The van der Waals surface area contributed by atoms with Crippen molar-refractivity contribution in [1.29, 1.82) is 0 Å². The van der Waals surface area contributed by atoms with Crippen LogP contribution in [-0.4, -0.2) is 28.8 Å². The molecule has 2 nitrogen and oxygen atoms in total. The summed E-state index contributed by atoms with van der Waals surface area (Å²) in [5, 5.41) is -0.248. The lowest BCUT2D eigenvalue weighted by Crippen LogP contribution is -2.51. The third-order valence-corrected chi connectivity index (χ3v) is 3.52. The van der Waals surface area contributed by atoms with Crippen LogP contribution in [0.1, 0.15) is 33.6 Å². The van der Waals surface area contributed by atoms with Crippen LogP contribution in [-0.2, 0) is 4.79 Å². The molecule has 0 aromatic carbocycles. The Morgan fingerprint density at radius 2 is 1.85 bits per heavy atom. The molecule has 3 heteroatoms. The first-order valence-electron chi connectivity index (χ1n) is 4.89. The first kappa shape index (κ1) is 11.0. The number of carbonyl (C=O) groups excluding carboxylic acids is 1. The molecule has 0 aromatic rings. The molecule has 0 bridgehead atoms. The summed E-state index contributed by atoms with van der Waals surface area (Å²) in [5.41, 5.74) is -0.484. The highest BCUT2D eigenvalue weighted by atomic mass is 35.5. The molecular formula is C10H18ClNO. The maximum absolute atomic E-state index is 11.2. The average Bonchev–Trinajstić information content (AvgIpc) is 2.04. The molecule has 0 aromatic heterocycles. The average molecular weight is 204 g/mol. The zero-order chi connectivity index (χ0) is 10.1. The van der Waals surface area contributed by atoms with Crippen molar-refractivity contribution in [2.24, 2.45) is 5.92 Å². The molecule has 1 heterocycles. The van der Waals surface area contributed by atoms with E-state index in [-0.39, 0.29) is 5.24 Å². The molecule has 0 atom stereocenters. The fraction of sp³-hybridized carbons (Fsp3) is 0.900. The minimum absolute atomic E-state index is 0.248. The second-order valence-electron chi connectivity index (χ2n) is 4.50. The number of piperidine rings is 1. The van der Waals surface area contributed by atoms with Gasteiger partial charge in [0, 0.05) is 0 Å². The van der Waals surface area contributed by atoms with Crippen LogP contribution in [0.3, 0.4) is 0 Å². The standard InChI is InChI=1S/C10H18ClNO/c1-8-4-6-12(7-5-8)10(2,3)9(11)13/h8H,4-7H2,1-3H3. The van der Waals surface area contributed by atoms with Crippen molar-refractivity contribution in [3.8, 4) is 0 Å². The van der Waals surface area contributed by atoms with Gasteiger partial charge in [0.2, 0.25) is 5.24 Å².